The second-order valence-corrected chi connectivity index (χ2v) is 8.71. The average Bonchev–Trinajstić information content (AvgIpc) is 2.79. The number of hydrogen-bond acceptors (Lipinski definition) is 0. The van der Waals surface area contributed by atoms with Crippen molar-refractivity contribution < 1.29 is 4.39 Å². The molecule has 30 heavy (non-hydrogen) atoms. The fourth-order valence-corrected chi connectivity index (χ4v) is 4.83. The normalized spacial score (nSPS) is 18.8. The molecule has 3 aromatic carbocycles. The Morgan fingerprint density at radius 1 is 0.867 bits per heavy atom. The molecule has 3 aromatic rings. The largest absolute Gasteiger partial charge is 0.205 e. The third kappa shape index (κ3) is 4.59. The number of fused-ring (bicyclic) bond motifs is 1. The third-order valence-electron chi connectivity index (χ3n) is 6.69. The second kappa shape index (κ2) is 9.48. The van der Waals surface area contributed by atoms with E-state index in [2.05, 4.69) is 56.0 Å². The third-order valence-corrected chi connectivity index (χ3v) is 6.69. The van der Waals surface area contributed by atoms with Gasteiger partial charge in [0.25, 0.3) is 0 Å². The number of benzene rings is 3. The predicted molar refractivity (Wildman–Crippen MR) is 125 cm³/mol. The Kier molecular flexibility index (Phi) is 6.53. The summed E-state index contributed by atoms with van der Waals surface area (Å²) in [4.78, 5) is 0. The molecule has 0 aliphatic heterocycles. The van der Waals surface area contributed by atoms with Gasteiger partial charge in [0.1, 0.15) is 5.82 Å². The first-order chi connectivity index (χ1) is 14.7. The van der Waals surface area contributed by atoms with Gasteiger partial charge in [-0.3, -0.25) is 0 Å². The second-order valence-electron chi connectivity index (χ2n) is 8.71. The van der Waals surface area contributed by atoms with Crippen LogP contribution in [0.4, 0.5) is 4.39 Å². The van der Waals surface area contributed by atoms with Gasteiger partial charge in [0, 0.05) is 10.9 Å². The van der Waals surface area contributed by atoms with Crippen molar-refractivity contribution in [2.24, 2.45) is 5.92 Å². The van der Waals surface area contributed by atoms with Gasteiger partial charge >= 0.3 is 0 Å². The molecule has 0 aromatic heterocycles. The summed E-state index contributed by atoms with van der Waals surface area (Å²) in [7, 11) is 0. The fourth-order valence-electron chi connectivity index (χ4n) is 4.83. The van der Waals surface area contributed by atoms with E-state index in [1.807, 2.05) is 18.2 Å². The maximum atomic E-state index is 14.9. The van der Waals surface area contributed by atoms with Crippen LogP contribution in [0, 0.1) is 23.6 Å². The molecule has 0 atom stereocenters. The van der Waals surface area contributed by atoms with Crippen molar-refractivity contribution in [3.05, 3.63) is 82.7 Å². The van der Waals surface area contributed by atoms with Crippen LogP contribution >= 0.6 is 0 Å². The van der Waals surface area contributed by atoms with E-state index in [-0.39, 0.29) is 5.82 Å². The first kappa shape index (κ1) is 20.7. The van der Waals surface area contributed by atoms with Crippen LogP contribution in [0.5, 0.6) is 0 Å². The van der Waals surface area contributed by atoms with Gasteiger partial charge in [-0.2, -0.15) is 0 Å². The highest BCUT2D eigenvalue weighted by Gasteiger charge is 2.21. The zero-order valence-electron chi connectivity index (χ0n) is 18.2. The van der Waals surface area contributed by atoms with Crippen LogP contribution in [0.1, 0.15) is 80.5 Å². The van der Waals surface area contributed by atoms with Crippen LogP contribution < -0.4 is 0 Å². The summed E-state index contributed by atoms with van der Waals surface area (Å²) in [5.41, 5.74) is 4.06. The fraction of sp³-hybridized carbons (Fsp3) is 0.379. The average molecular weight is 399 g/mol. The van der Waals surface area contributed by atoms with Gasteiger partial charge in [-0.05, 0) is 78.7 Å². The molecule has 1 saturated carbocycles. The van der Waals surface area contributed by atoms with Crippen LogP contribution in [-0.4, -0.2) is 0 Å². The van der Waals surface area contributed by atoms with Crippen LogP contribution in [0.2, 0.25) is 0 Å². The highest BCUT2D eigenvalue weighted by molar-refractivity contribution is 5.85. The number of rotatable bonds is 4. The molecule has 1 aliphatic rings. The summed E-state index contributed by atoms with van der Waals surface area (Å²) in [6.45, 7) is 4.40. The smallest absolute Gasteiger partial charge is 0.146 e. The minimum Gasteiger partial charge on any atom is -0.205 e. The van der Waals surface area contributed by atoms with E-state index in [0.29, 0.717) is 16.9 Å². The Bertz CT molecular complexity index is 1060. The molecular formula is C29H31F. The molecule has 1 aliphatic carbocycles. The molecule has 154 valence electrons. The maximum Gasteiger partial charge on any atom is 0.146 e. The van der Waals surface area contributed by atoms with Gasteiger partial charge in [0.2, 0.25) is 0 Å². The lowest BCUT2D eigenvalue weighted by molar-refractivity contribution is 0.308. The summed E-state index contributed by atoms with van der Waals surface area (Å²) in [5, 5.41) is 1.59. The minimum absolute atomic E-state index is 0.219. The molecule has 0 spiro atoms. The van der Waals surface area contributed by atoms with E-state index >= 15 is 0 Å². The molecule has 0 heterocycles. The standard InChI is InChI=1S/C29H31F/c1-3-5-22-6-12-24(13-7-22)25-14-8-23(9-15-25)10-16-26-17-18-27-20-21(4-2)11-19-28(27)29(26)30/h8-9,11,14-15,17-20,22,24H,3-7,12-13H2,1-2H3. The van der Waals surface area contributed by atoms with E-state index < -0.39 is 0 Å². The van der Waals surface area contributed by atoms with E-state index in [1.165, 1.54) is 49.7 Å². The molecule has 0 saturated heterocycles. The van der Waals surface area contributed by atoms with E-state index in [1.54, 1.807) is 6.07 Å². The van der Waals surface area contributed by atoms with Crippen LogP contribution in [0.3, 0.4) is 0 Å². The lowest BCUT2D eigenvalue weighted by Gasteiger charge is -2.28. The monoisotopic (exact) mass is 398 g/mol. The summed E-state index contributed by atoms with van der Waals surface area (Å²) in [5.74, 6) is 7.60. The first-order valence-corrected chi connectivity index (χ1v) is 11.5. The molecule has 0 unspecified atom stereocenters. The molecule has 0 nitrogen and oxygen atoms in total. The molecule has 0 amide bonds. The van der Waals surface area contributed by atoms with Gasteiger partial charge in [-0.25, -0.2) is 4.39 Å². The summed E-state index contributed by atoms with van der Waals surface area (Å²) < 4.78 is 14.9. The van der Waals surface area contributed by atoms with Crippen molar-refractivity contribution >= 4 is 10.8 Å². The highest BCUT2D eigenvalue weighted by Crippen LogP contribution is 2.37. The summed E-state index contributed by atoms with van der Waals surface area (Å²) in [6, 6.07) is 18.3. The van der Waals surface area contributed by atoms with Gasteiger partial charge < -0.3 is 0 Å². The Hall–Kier alpha value is -2.59. The SMILES string of the molecule is CCCC1CCC(c2ccc(C#Cc3ccc4cc(CC)ccc4c3F)cc2)CC1. The topological polar surface area (TPSA) is 0 Å². The van der Waals surface area contributed by atoms with Crippen molar-refractivity contribution in [2.75, 3.05) is 0 Å². The Morgan fingerprint density at radius 3 is 2.33 bits per heavy atom. The number of halogens is 1. The molecular weight excluding hydrogens is 367 g/mol. The molecule has 4 rings (SSSR count). The lowest BCUT2D eigenvalue weighted by Crippen LogP contribution is -2.13. The number of aryl methyl sites for hydroxylation is 1. The quantitative estimate of drug-likeness (QED) is 0.390. The van der Waals surface area contributed by atoms with Gasteiger partial charge in [0.15, 0.2) is 0 Å². The Labute approximate surface area is 180 Å². The highest BCUT2D eigenvalue weighted by atomic mass is 19.1. The molecule has 0 radical (unpaired) electrons. The van der Waals surface area contributed by atoms with E-state index in [4.69, 9.17) is 0 Å². The maximum absolute atomic E-state index is 14.9. The van der Waals surface area contributed by atoms with Crippen molar-refractivity contribution in [1.29, 1.82) is 0 Å². The Balaban J connectivity index is 1.47. The predicted octanol–water partition coefficient (Wildman–Crippen LogP) is 8.02. The van der Waals surface area contributed by atoms with E-state index in [9.17, 15) is 4.39 Å². The van der Waals surface area contributed by atoms with E-state index in [0.717, 1.165) is 23.3 Å². The van der Waals surface area contributed by atoms with Crippen molar-refractivity contribution in [3.8, 4) is 11.8 Å². The minimum atomic E-state index is -0.219. The lowest BCUT2D eigenvalue weighted by atomic mass is 9.77. The van der Waals surface area contributed by atoms with Crippen molar-refractivity contribution in [2.45, 2.75) is 64.7 Å². The van der Waals surface area contributed by atoms with Crippen molar-refractivity contribution in [3.63, 3.8) is 0 Å². The van der Waals surface area contributed by atoms with Crippen LogP contribution in [0.15, 0.2) is 54.6 Å². The van der Waals surface area contributed by atoms with Crippen molar-refractivity contribution in [1.82, 2.24) is 0 Å². The zero-order valence-corrected chi connectivity index (χ0v) is 18.2. The Morgan fingerprint density at radius 2 is 1.63 bits per heavy atom. The van der Waals surface area contributed by atoms with Crippen LogP contribution in [-0.2, 0) is 6.42 Å². The van der Waals surface area contributed by atoms with Gasteiger partial charge in [0.05, 0.1) is 5.56 Å². The zero-order chi connectivity index (χ0) is 20.9. The van der Waals surface area contributed by atoms with Gasteiger partial charge in [-0.15, -0.1) is 0 Å². The molecule has 0 N–H and O–H groups in total. The van der Waals surface area contributed by atoms with Gasteiger partial charge in [-0.1, -0.05) is 74.9 Å². The molecule has 1 heteroatoms. The summed E-state index contributed by atoms with van der Waals surface area (Å²) >= 11 is 0. The number of hydrogen-bond donors (Lipinski definition) is 0. The molecule has 1 fully saturated rings. The molecule has 0 bridgehead atoms. The summed E-state index contributed by atoms with van der Waals surface area (Å²) in [6.07, 6.45) is 8.97. The first-order valence-electron chi connectivity index (χ1n) is 11.5. The van der Waals surface area contributed by atoms with Crippen LogP contribution in [0.25, 0.3) is 10.8 Å².